The SMILES string of the molecule is CCS(=O)(=O)N[C@H]1CC[C@H](Nc2ncc3cc(-c4ccccc4Cl)c(OC)cc3n2)CC1. The zero-order chi connectivity index (χ0) is 22.7. The van der Waals surface area contributed by atoms with E-state index in [4.69, 9.17) is 16.3 Å². The molecule has 7 nitrogen and oxygen atoms in total. The molecule has 3 aromatic rings. The number of rotatable bonds is 7. The molecule has 170 valence electrons. The number of benzene rings is 2. The molecule has 1 fully saturated rings. The van der Waals surface area contributed by atoms with Crippen LogP contribution in [0.1, 0.15) is 32.6 Å². The summed E-state index contributed by atoms with van der Waals surface area (Å²) in [5.74, 6) is 1.36. The molecule has 32 heavy (non-hydrogen) atoms. The lowest BCUT2D eigenvalue weighted by Crippen LogP contribution is -2.40. The molecule has 1 aliphatic carbocycles. The minimum Gasteiger partial charge on any atom is -0.496 e. The molecule has 0 radical (unpaired) electrons. The van der Waals surface area contributed by atoms with Crippen molar-refractivity contribution in [1.29, 1.82) is 0 Å². The smallest absolute Gasteiger partial charge is 0.223 e. The average Bonchev–Trinajstić information content (AvgIpc) is 2.79. The zero-order valence-electron chi connectivity index (χ0n) is 18.1. The third-order valence-corrected chi connectivity index (χ3v) is 7.63. The summed E-state index contributed by atoms with van der Waals surface area (Å²) in [6.07, 6.45) is 5.09. The van der Waals surface area contributed by atoms with Crippen LogP contribution in [0.4, 0.5) is 5.95 Å². The van der Waals surface area contributed by atoms with E-state index < -0.39 is 10.0 Å². The molecular formula is C23H27ClN4O3S. The van der Waals surface area contributed by atoms with E-state index in [-0.39, 0.29) is 17.8 Å². The fourth-order valence-electron chi connectivity index (χ4n) is 4.06. The first-order valence-electron chi connectivity index (χ1n) is 10.7. The molecular weight excluding hydrogens is 448 g/mol. The van der Waals surface area contributed by atoms with Crippen LogP contribution >= 0.6 is 11.6 Å². The normalized spacial score (nSPS) is 19.1. The molecule has 0 atom stereocenters. The number of fused-ring (bicyclic) bond motifs is 1. The van der Waals surface area contributed by atoms with E-state index >= 15 is 0 Å². The Bertz CT molecular complexity index is 1210. The molecule has 0 bridgehead atoms. The van der Waals surface area contributed by atoms with Gasteiger partial charge in [0, 0.05) is 45.9 Å². The molecule has 4 rings (SSSR count). The van der Waals surface area contributed by atoms with Crippen molar-refractivity contribution in [1.82, 2.24) is 14.7 Å². The van der Waals surface area contributed by atoms with Crippen molar-refractivity contribution in [3.63, 3.8) is 0 Å². The van der Waals surface area contributed by atoms with E-state index in [9.17, 15) is 8.42 Å². The molecule has 9 heteroatoms. The minimum absolute atomic E-state index is 0.00279. The number of anilines is 1. The summed E-state index contributed by atoms with van der Waals surface area (Å²) < 4.78 is 32.0. The van der Waals surface area contributed by atoms with Gasteiger partial charge >= 0.3 is 0 Å². The van der Waals surface area contributed by atoms with Gasteiger partial charge in [-0.25, -0.2) is 23.1 Å². The number of hydrogen-bond donors (Lipinski definition) is 2. The first kappa shape index (κ1) is 22.8. The Balaban J connectivity index is 1.50. The van der Waals surface area contributed by atoms with Crippen LogP contribution in [-0.4, -0.2) is 43.3 Å². The predicted octanol–water partition coefficient (Wildman–Crippen LogP) is 4.62. The van der Waals surface area contributed by atoms with Crippen LogP contribution in [0.5, 0.6) is 5.75 Å². The van der Waals surface area contributed by atoms with Crippen LogP contribution in [0.3, 0.4) is 0 Å². The Hall–Kier alpha value is -2.42. The zero-order valence-corrected chi connectivity index (χ0v) is 19.7. The lowest BCUT2D eigenvalue weighted by molar-refractivity contribution is 0.386. The molecule has 1 aromatic heterocycles. The highest BCUT2D eigenvalue weighted by atomic mass is 35.5. The molecule has 0 spiro atoms. The summed E-state index contributed by atoms with van der Waals surface area (Å²) in [5.41, 5.74) is 2.56. The summed E-state index contributed by atoms with van der Waals surface area (Å²) in [5, 5.41) is 4.95. The molecule has 1 saturated carbocycles. The molecule has 0 amide bonds. The summed E-state index contributed by atoms with van der Waals surface area (Å²) in [4.78, 5) is 9.18. The van der Waals surface area contributed by atoms with Gasteiger partial charge in [-0.3, -0.25) is 0 Å². The molecule has 1 heterocycles. The predicted molar refractivity (Wildman–Crippen MR) is 129 cm³/mol. The van der Waals surface area contributed by atoms with Gasteiger partial charge in [0.2, 0.25) is 16.0 Å². The van der Waals surface area contributed by atoms with Crippen molar-refractivity contribution >= 4 is 38.5 Å². The van der Waals surface area contributed by atoms with E-state index in [1.807, 2.05) is 36.4 Å². The van der Waals surface area contributed by atoms with E-state index in [1.54, 1.807) is 20.2 Å². The molecule has 0 saturated heterocycles. The van der Waals surface area contributed by atoms with Gasteiger partial charge < -0.3 is 10.1 Å². The highest BCUT2D eigenvalue weighted by molar-refractivity contribution is 7.89. The molecule has 2 N–H and O–H groups in total. The van der Waals surface area contributed by atoms with E-state index in [0.717, 1.165) is 47.7 Å². The van der Waals surface area contributed by atoms with E-state index in [0.29, 0.717) is 16.7 Å². The lowest BCUT2D eigenvalue weighted by atomic mass is 9.92. The largest absolute Gasteiger partial charge is 0.496 e. The maximum Gasteiger partial charge on any atom is 0.223 e. The first-order chi connectivity index (χ1) is 15.4. The number of nitrogens with one attached hydrogen (secondary N) is 2. The summed E-state index contributed by atoms with van der Waals surface area (Å²) in [6.45, 7) is 1.65. The number of aromatic nitrogens is 2. The van der Waals surface area contributed by atoms with Gasteiger partial charge in [-0.05, 0) is 44.7 Å². The van der Waals surface area contributed by atoms with Gasteiger partial charge in [-0.1, -0.05) is 29.8 Å². The Morgan fingerprint density at radius 3 is 2.50 bits per heavy atom. The maximum absolute atomic E-state index is 11.8. The van der Waals surface area contributed by atoms with Gasteiger partial charge in [0.25, 0.3) is 0 Å². The van der Waals surface area contributed by atoms with Crippen molar-refractivity contribution in [2.45, 2.75) is 44.7 Å². The number of nitrogens with zero attached hydrogens (tertiary/aromatic N) is 2. The van der Waals surface area contributed by atoms with E-state index in [2.05, 4.69) is 20.0 Å². The fraction of sp³-hybridized carbons (Fsp3) is 0.391. The quantitative estimate of drug-likeness (QED) is 0.519. The maximum atomic E-state index is 11.8. The van der Waals surface area contributed by atoms with Gasteiger partial charge in [-0.15, -0.1) is 0 Å². The third kappa shape index (κ3) is 5.14. The first-order valence-corrected chi connectivity index (χ1v) is 12.8. The topological polar surface area (TPSA) is 93.2 Å². The van der Waals surface area contributed by atoms with Crippen LogP contribution in [0.2, 0.25) is 5.02 Å². The lowest BCUT2D eigenvalue weighted by Gasteiger charge is -2.29. The second-order valence-corrected chi connectivity index (χ2v) is 10.4. The Morgan fingerprint density at radius 2 is 1.81 bits per heavy atom. The van der Waals surface area contributed by atoms with Crippen molar-refractivity contribution in [3.05, 3.63) is 47.6 Å². The van der Waals surface area contributed by atoms with Crippen LogP contribution < -0.4 is 14.8 Å². The number of ether oxygens (including phenoxy) is 1. The second kappa shape index (κ2) is 9.60. The van der Waals surface area contributed by atoms with Gasteiger partial charge in [0.05, 0.1) is 18.4 Å². The van der Waals surface area contributed by atoms with Crippen molar-refractivity contribution in [2.24, 2.45) is 0 Å². The van der Waals surface area contributed by atoms with Crippen molar-refractivity contribution < 1.29 is 13.2 Å². The van der Waals surface area contributed by atoms with Gasteiger partial charge in [-0.2, -0.15) is 0 Å². The number of halogens is 1. The van der Waals surface area contributed by atoms with Crippen LogP contribution in [0, 0.1) is 0 Å². The van der Waals surface area contributed by atoms with Crippen molar-refractivity contribution in [2.75, 3.05) is 18.2 Å². The second-order valence-electron chi connectivity index (χ2n) is 8.00. The number of methoxy groups -OCH3 is 1. The fourth-order valence-corrected chi connectivity index (χ4v) is 5.21. The third-order valence-electron chi connectivity index (χ3n) is 5.85. The summed E-state index contributed by atoms with van der Waals surface area (Å²) >= 11 is 6.39. The monoisotopic (exact) mass is 474 g/mol. The Morgan fingerprint density at radius 1 is 1.09 bits per heavy atom. The van der Waals surface area contributed by atoms with Crippen LogP contribution in [-0.2, 0) is 10.0 Å². The highest BCUT2D eigenvalue weighted by Gasteiger charge is 2.24. The highest BCUT2D eigenvalue weighted by Crippen LogP contribution is 2.37. The standard InChI is InChI=1S/C23H27ClN4O3S/c1-3-32(29,30)28-17-10-8-16(9-11-17)26-23-25-14-15-12-19(18-6-4-5-7-20(18)24)22(31-2)13-21(15)27-23/h4-7,12-14,16-17,28H,3,8-11H2,1-2H3,(H,25,26,27)/t16-,17-. The summed E-state index contributed by atoms with van der Waals surface area (Å²) in [6, 6.07) is 11.7. The molecule has 0 aliphatic heterocycles. The van der Waals surface area contributed by atoms with E-state index in [1.165, 1.54) is 0 Å². The van der Waals surface area contributed by atoms with Gasteiger partial charge in [0.1, 0.15) is 5.75 Å². The van der Waals surface area contributed by atoms with Crippen LogP contribution in [0.15, 0.2) is 42.6 Å². The minimum atomic E-state index is -3.17. The molecule has 1 aliphatic rings. The molecule has 0 unspecified atom stereocenters. The van der Waals surface area contributed by atoms with Crippen molar-refractivity contribution in [3.8, 4) is 16.9 Å². The van der Waals surface area contributed by atoms with Gasteiger partial charge in [0.15, 0.2) is 0 Å². The average molecular weight is 475 g/mol. The summed E-state index contributed by atoms with van der Waals surface area (Å²) in [7, 11) is -1.54. The molecule has 2 aromatic carbocycles. The Kier molecular flexibility index (Phi) is 6.83. The van der Waals surface area contributed by atoms with Crippen LogP contribution in [0.25, 0.3) is 22.0 Å². The Labute approximate surface area is 193 Å². The number of sulfonamides is 1. The number of hydrogen-bond acceptors (Lipinski definition) is 6.